The number of aromatic nitrogens is 1. The fourth-order valence-electron chi connectivity index (χ4n) is 4.20. The van der Waals surface area contributed by atoms with E-state index in [1.54, 1.807) is 42.9 Å². The van der Waals surface area contributed by atoms with Gasteiger partial charge >= 0.3 is 5.97 Å². The van der Waals surface area contributed by atoms with E-state index in [0.29, 0.717) is 41.2 Å². The van der Waals surface area contributed by atoms with Crippen molar-refractivity contribution in [3.8, 4) is 28.2 Å². The van der Waals surface area contributed by atoms with E-state index in [1.807, 2.05) is 66.9 Å². The first-order chi connectivity index (χ1) is 17.6. The molecule has 0 amide bonds. The van der Waals surface area contributed by atoms with Crippen LogP contribution in [0.4, 0.5) is 0 Å². The molecule has 0 saturated heterocycles. The summed E-state index contributed by atoms with van der Waals surface area (Å²) in [5, 5.41) is 0.806. The highest BCUT2D eigenvalue weighted by Crippen LogP contribution is 2.33. The number of hydrogen-bond donors (Lipinski definition) is 0. The van der Waals surface area contributed by atoms with Crippen LogP contribution in [-0.4, -0.2) is 24.3 Å². The number of benzene rings is 3. The van der Waals surface area contributed by atoms with Crippen LogP contribution in [0.2, 0.25) is 0 Å². The SMILES string of the molecule is CCOC(=O)c1ccc(-c2c(=O)n(Cc3ccccc3)cc3cc(-c4ccc(OC)cc4)oc23)cc1. The van der Waals surface area contributed by atoms with Gasteiger partial charge in [-0.15, -0.1) is 0 Å². The molecule has 3 aromatic carbocycles. The molecule has 0 saturated carbocycles. The Balaban J connectivity index is 1.66. The second-order valence-corrected chi connectivity index (χ2v) is 8.34. The topological polar surface area (TPSA) is 70.7 Å². The minimum atomic E-state index is -0.400. The molecule has 0 fully saturated rings. The van der Waals surface area contributed by atoms with Gasteiger partial charge in [0.15, 0.2) is 0 Å². The molecule has 5 aromatic rings. The maximum absolute atomic E-state index is 13.7. The number of nitrogens with zero attached hydrogens (tertiary/aromatic N) is 1. The Kier molecular flexibility index (Phi) is 6.41. The fraction of sp³-hybridized carbons (Fsp3) is 0.133. The summed E-state index contributed by atoms with van der Waals surface area (Å²) in [5.74, 6) is 0.997. The van der Waals surface area contributed by atoms with Gasteiger partial charge in [0.2, 0.25) is 0 Å². The maximum Gasteiger partial charge on any atom is 0.338 e. The quantitative estimate of drug-likeness (QED) is 0.261. The molecule has 0 bridgehead atoms. The molecular formula is C30H25NO5. The van der Waals surface area contributed by atoms with Crippen LogP contribution in [0.25, 0.3) is 33.4 Å². The molecule has 180 valence electrons. The highest BCUT2D eigenvalue weighted by atomic mass is 16.5. The van der Waals surface area contributed by atoms with E-state index in [0.717, 1.165) is 22.3 Å². The summed E-state index contributed by atoms with van der Waals surface area (Å²) in [5.41, 5.74) is 3.74. The lowest BCUT2D eigenvalue weighted by molar-refractivity contribution is 0.0526. The number of furan rings is 1. The minimum absolute atomic E-state index is 0.175. The lowest BCUT2D eigenvalue weighted by Crippen LogP contribution is -2.22. The number of hydrogen-bond acceptors (Lipinski definition) is 5. The second-order valence-electron chi connectivity index (χ2n) is 8.34. The van der Waals surface area contributed by atoms with Crippen LogP contribution < -0.4 is 10.3 Å². The standard InChI is InChI=1S/C30H25NO5/c1-3-35-30(33)23-11-9-22(10-12-23)27-28-24(17-26(36-28)21-13-15-25(34-2)16-14-21)19-31(29(27)32)18-20-7-5-4-6-8-20/h4-17,19H,3,18H2,1-2H3. The number of pyridine rings is 1. The number of esters is 1. The molecule has 0 aliphatic carbocycles. The normalized spacial score (nSPS) is 10.9. The Bertz CT molecular complexity index is 1560. The molecule has 6 heteroatoms. The summed E-state index contributed by atoms with van der Waals surface area (Å²) < 4.78 is 18.3. The average molecular weight is 480 g/mol. The third-order valence-corrected chi connectivity index (χ3v) is 6.01. The summed E-state index contributed by atoms with van der Waals surface area (Å²) in [7, 11) is 1.62. The third kappa shape index (κ3) is 4.53. The largest absolute Gasteiger partial charge is 0.497 e. The lowest BCUT2D eigenvalue weighted by Gasteiger charge is -2.10. The number of carbonyl (C=O) groups is 1. The monoisotopic (exact) mass is 479 g/mol. The molecule has 0 aliphatic heterocycles. The highest BCUT2D eigenvalue weighted by molar-refractivity contribution is 5.95. The molecule has 0 N–H and O–H groups in total. The number of carbonyl (C=O) groups excluding carboxylic acids is 1. The zero-order valence-corrected chi connectivity index (χ0v) is 20.1. The summed E-state index contributed by atoms with van der Waals surface area (Å²) in [4.78, 5) is 25.9. The van der Waals surface area contributed by atoms with E-state index < -0.39 is 5.97 Å². The summed E-state index contributed by atoms with van der Waals surface area (Å²) in [6, 6.07) is 26.2. The molecule has 2 aromatic heterocycles. The average Bonchev–Trinajstić information content (AvgIpc) is 3.33. The predicted octanol–water partition coefficient (Wildman–Crippen LogP) is 6.16. The van der Waals surface area contributed by atoms with Crippen molar-refractivity contribution in [2.45, 2.75) is 13.5 Å². The first-order valence-electron chi connectivity index (χ1n) is 11.7. The molecule has 6 nitrogen and oxygen atoms in total. The zero-order chi connectivity index (χ0) is 25.1. The Hall–Kier alpha value is -4.58. The van der Waals surface area contributed by atoms with Gasteiger partial charge in [0.1, 0.15) is 17.1 Å². The van der Waals surface area contributed by atoms with E-state index in [-0.39, 0.29) is 5.56 Å². The van der Waals surface area contributed by atoms with Crippen LogP contribution in [0.15, 0.2) is 100 Å². The number of ether oxygens (including phenoxy) is 2. The van der Waals surface area contributed by atoms with E-state index in [1.165, 1.54) is 0 Å². The van der Waals surface area contributed by atoms with Gasteiger partial charge in [-0.25, -0.2) is 4.79 Å². The van der Waals surface area contributed by atoms with Gasteiger partial charge in [-0.2, -0.15) is 0 Å². The van der Waals surface area contributed by atoms with Gasteiger partial charge in [-0.05, 0) is 60.5 Å². The smallest absolute Gasteiger partial charge is 0.338 e. The van der Waals surface area contributed by atoms with Crippen LogP contribution in [-0.2, 0) is 11.3 Å². The van der Waals surface area contributed by atoms with Crippen molar-refractivity contribution in [1.82, 2.24) is 4.57 Å². The Morgan fingerprint density at radius 1 is 0.917 bits per heavy atom. The molecule has 0 atom stereocenters. The van der Waals surface area contributed by atoms with Crippen molar-refractivity contribution in [3.05, 3.63) is 113 Å². The number of methoxy groups -OCH3 is 1. The van der Waals surface area contributed by atoms with Crippen molar-refractivity contribution in [2.75, 3.05) is 13.7 Å². The molecule has 0 unspecified atom stereocenters. The van der Waals surface area contributed by atoms with Gasteiger partial charge in [-0.1, -0.05) is 42.5 Å². The van der Waals surface area contributed by atoms with Crippen molar-refractivity contribution < 1.29 is 18.7 Å². The Morgan fingerprint density at radius 2 is 1.61 bits per heavy atom. The molecule has 0 spiro atoms. The summed E-state index contributed by atoms with van der Waals surface area (Å²) >= 11 is 0. The van der Waals surface area contributed by atoms with Crippen LogP contribution in [0.1, 0.15) is 22.8 Å². The van der Waals surface area contributed by atoms with Crippen LogP contribution >= 0.6 is 0 Å². The molecule has 0 aliphatic rings. The first kappa shape index (κ1) is 23.2. The fourth-order valence-corrected chi connectivity index (χ4v) is 4.20. The van der Waals surface area contributed by atoms with Crippen molar-refractivity contribution in [2.24, 2.45) is 0 Å². The molecule has 2 heterocycles. The number of fused-ring (bicyclic) bond motifs is 1. The van der Waals surface area contributed by atoms with Gasteiger partial charge in [0.25, 0.3) is 5.56 Å². The van der Waals surface area contributed by atoms with E-state index in [4.69, 9.17) is 13.9 Å². The molecule has 36 heavy (non-hydrogen) atoms. The lowest BCUT2D eigenvalue weighted by atomic mass is 10.0. The second kappa shape index (κ2) is 9.96. The van der Waals surface area contributed by atoms with Gasteiger partial charge in [-0.3, -0.25) is 4.79 Å². The van der Waals surface area contributed by atoms with Crippen LogP contribution in [0.3, 0.4) is 0 Å². The van der Waals surface area contributed by atoms with E-state index in [9.17, 15) is 9.59 Å². The Morgan fingerprint density at radius 3 is 2.28 bits per heavy atom. The van der Waals surface area contributed by atoms with E-state index >= 15 is 0 Å². The van der Waals surface area contributed by atoms with Crippen LogP contribution in [0, 0.1) is 0 Å². The third-order valence-electron chi connectivity index (χ3n) is 6.01. The summed E-state index contributed by atoms with van der Waals surface area (Å²) in [6.45, 7) is 2.48. The van der Waals surface area contributed by atoms with Crippen LogP contribution in [0.5, 0.6) is 5.75 Å². The zero-order valence-electron chi connectivity index (χ0n) is 20.1. The van der Waals surface area contributed by atoms with Crippen molar-refractivity contribution in [3.63, 3.8) is 0 Å². The number of rotatable bonds is 7. The molecule has 0 radical (unpaired) electrons. The molecular weight excluding hydrogens is 454 g/mol. The van der Waals surface area contributed by atoms with E-state index in [2.05, 4.69) is 0 Å². The first-order valence-corrected chi connectivity index (χ1v) is 11.7. The Labute approximate surface area is 208 Å². The van der Waals surface area contributed by atoms with Gasteiger partial charge in [0, 0.05) is 17.1 Å². The highest BCUT2D eigenvalue weighted by Gasteiger charge is 2.19. The molecule has 5 rings (SSSR count). The van der Waals surface area contributed by atoms with Gasteiger partial charge < -0.3 is 18.5 Å². The predicted molar refractivity (Wildman–Crippen MR) is 139 cm³/mol. The van der Waals surface area contributed by atoms with Gasteiger partial charge in [0.05, 0.1) is 31.4 Å². The maximum atomic E-state index is 13.7. The van der Waals surface area contributed by atoms with Crippen molar-refractivity contribution in [1.29, 1.82) is 0 Å². The van der Waals surface area contributed by atoms with Crippen molar-refractivity contribution >= 4 is 16.9 Å². The minimum Gasteiger partial charge on any atom is -0.497 e. The summed E-state index contributed by atoms with van der Waals surface area (Å²) in [6.07, 6.45) is 1.83.